The van der Waals surface area contributed by atoms with Crippen LogP contribution in [0.1, 0.15) is 16.9 Å². The highest BCUT2D eigenvalue weighted by molar-refractivity contribution is 6.30. The van der Waals surface area contributed by atoms with E-state index in [1.165, 1.54) is 4.90 Å². The minimum absolute atomic E-state index is 0.0170. The molecule has 192 valence electrons. The molecule has 5 rings (SSSR count). The molecule has 0 saturated heterocycles. The first-order valence-electron chi connectivity index (χ1n) is 11.8. The molecule has 38 heavy (non-hydrogen) atoms. The van der Waals surface area contributed by atoms with E-state index in [-0.39, 0.29) is 13.1 Å². The highest BCUT2D eigenvalue weighted by Gasteiger charge is 2.24. The number of amides is 2. The number of carbonyl (C=O) groups is 1. The minimum Gasteiger partial charge on any atom is -0.459 e. The molecule has 2 amide bonds. The largest absolute Gasteiger partial charge is 0.459 e. The number of nitrogens with zero attached hydrogens (tertiary/aromatic N) is 1. The standard InChI is InChI=1S/C30H22ClF3N2O2/c1-18-7-12-26-23(13-18)28(20-8-10-21(31)11-9-20)27(38-26)17-36(16-19-5-3-2-4-6-19)30(37)35-29-24(33)14-22(32)15-25(29)34/h2-15H,16-17H2,1H3,(H,35,37). The van der Waals surface area contributed by atoms with Crippen molar-refractivity contribution in [1.29, 1.82) is 0 Å². The molecule has 0 aliphatic heterocycles. The van der Waals surface area contributed by atoms with E-state index in [9.17, 15) is 18.0 Å². The average Bonchev–Trinajstić information content (AvgIpc) is 3.23. The van der Waals surface area contributed by atoms with Crippen molar-refractivity contribution in [1.82, 2.24) is 4.90 Å². The molecule has 0 bridgehead atoms. The lowest BCUT2D eigenvalue weighted by Gasteiger charge is -2.23. The molecular formula is C30H22ClF3N2O2. The number of halogens is 4. The molecule has 0 atom stereocenters. The number of carbonyl (C=O) groups excluding carboxylic acids is 1. The molecule has 0 fully saturated rings. The van der Waals surface area contributed by atoms with Gasteiger partial charge in [-0.2, -0.15) is 0 Å². The summed E-state index contributed by atoms with van der Waals surface area (Å²) in [6.07, 6.45) is 0. The van der Waals surface area contributed by atoms with Gasteiger partial charge in [-0.05, 0) is 42.3 Å². The van der Waals surface area contributed by atoms with Crippen LogP contribution in [0.3, 0.4) is 0 Å². The Morgan fingerprint density at radius 3 is 2.26 bits per heavy atom. The summed E-state index contributed by atoms with van der Waals surface area (Å²) >= 11 is 6.12. The Morgan fingerprint density at radius 1 is 0.895 bits per heavy atom. The summed E-state index contributed by atoms with van der Waals surface area (Å²) in [4.78, 5) is 14.8. The molecule has 1 aromatic heterocycles. The summed E-state index contributed by atoms with van der Waals surface area (Å²) in [5, 5.41) is 3.70. The lowest BCUT2D eigenvalue weighted by Crippen LogP contribution is -2.34. The quantitative estimate of drug-likeness (QED) is 0.237. The topological polar surface area (TPSA) is 45.5 Å². The molecule has 4 nitrogen and oxygen atoms in total. The molecule has 0 aliphatic rings. The number of rotatable bonds is 6. The normalized spacial score (nSPS) is 11.1. The summed E-state index contributed by atoms with van der Waals surface area (Å²) < 4.78 is 48.3. The van der Waals surface area contributed by atoms with Crippen LogP contribution in [-0.4, -0.2) is 10.9 Å². The molecular weight excluding hydrogens is 513 g/mol. The van der Waals surface area contributed by atoms with Crippen molar-refractivity contribution < 1.29 is 22.4 Å². The summed E-state index contributed by atoms with van der Waals surface area (Å²) in [6.45, 7) is 2.07. The zero-order valence-electron chi connectivity index (χ0n) is 20.3. The second kappa shape index (κ2) is 10.6. The van der Waals surface area contributed by atoms with Gasteiger partial charge in [0.1, 0.15) is 22.8 Å². The van der Waals surface area contributed by atoms with Gasteiger partial charge >= 0.3 is 6.03 Å². The number of nitrogens with one attached hydrogen (secondary N) is 1. The number of furan rings is 1. The maximum atomic E-state index is 14.3. The molecule has 0 aliphatic carbocycles. The maximum absolute atomic E-state index is 14.3. The molecule has 4 aromatic carbocycles. The van der Waals surface area contributed by atoms with Crippen LogP contribution in [0.25, 0.3) is 22.1 Å². The van der Waals surface area contributed by atoms with Crippen LogP contribution in [0.4, 0.5) is 23.7 Å². The summed E-state index contributed by atoms with van der Waals surface area (Å²) in [6, 6.07) is 22.5. The van der Waals surface area contributed by atoms with Crippen LogP contribution < -0.4 is 5.32 Å². The Hall–Kier alpha value is -4.23. The van der Waals surface area contributed by atoms with E-state index in [1.807, 2.05) is 67.6 Å². The first-order valence-corrected chi connectivity index (χ1v) is 12.2. The minimum atomic E-state index is -1.21. The van der Waals surface area contributed by atoms with Crippen LogP contribution in [0.15, 0.2) is 89.3 Å². The summed E-state index contributed by atoms with van der Waals surface area (Å²) in [7, 11) is 0. The molecule has 5 aromatic rings. The third-order valence-corrected chi connectivity index (χ3v) is 6.38. The van der Waals surface area contributed by atoms with E-state index >= 15 is 0 Å². The van der Waals surface area contributed by atoms with E-state index < -0.39 is 29.2 Å². The molecule has 0 saturated carbocycles. The fourth-order valence-corrected chi connectivity index (χ4v) is 4.46. The number of fused-ring (bicyclic) bond motifs is 1. The smallest absolute Gasteiger partial charge is 0.322 e. The van der Waals surface area contributed by atoms with Crippen molar-refractivity contribution in [2.24, 2.45) is 0 Å². The molecule has 0 radical (unpaired) electrons. The van der Waals surface area contributed by atoms with E-state index in [4.69, 9.17) is 16.0 Å². The fraction of sp³-hybridized carbons (Fsp3) is 0.100. The zero-order chi connectivity index (χ0) is 26.8. The van der Waals surface area contributed by atoms with Crippen molar-refractivity contribution in [2.45, 2.75) is 20.0 Å². The number of anilines is 1. The molecule has 1 N–H and O–H groups in total. The van der Waals surface area contributed by atoms with Crippen molar-refractivity contribution in [3.8, 4) is 11.1 Å². The van der Waals surface area contributed by atoms with Crippen LogP contribution in [0, 0.1) is 24.4 Å². The van der Waals surface area contributed by atoms with E-state index in [0.717, 1.165) is 27.6 Å². The Kier molecular flexibility index (Phi) is 7.11. The van der Waals surface area contributed by atoms with Gasteiger partial charge in [0.05, 0.1) is 6.54 Å². The molecule has 0 spiro atoms. The summed E-state index contributed by atoms with van der Waals surface area (Å²) in [5.74, 6) is -3.02. The summed E-state index contributed by atoms with van der Waals surface area (Å²) in [5.41, 5.74) is 3.34. The first kappa shape index (κ1) is 25.4. The second-order valence-corrected chi connectivity index (χ2v) is 9.36. The van der Waals surface area contributed by atoms with Crippen LogP contribution >= 0.6 is 11.6 Å². The lowest BCUT2D eigenvalue weighted by molar-refractivity contribution is 0.201. The third-order valence-electron chi connectivity index (χ3n) is 6.13. The van der Waals surface area contributed by atoms with Crippen molar-refractivity contribution in [3.63, 3.8) is 0 Å². The van der Waals surface area contributed by atoms with Gasteiger partial charge in [0.15, 0.2) is 11.6 Å². The Labute approximate surface area is 222 Å². The van der Waals surface area contributed by atoms with Crippen molar-refractivity contribution in [3.05, 3.63) is 124 Å². The zero-order valence-corrected chi connectivity index (χ0v) is 21.0. The van der Waals surface area contributed by atoms with Gasteiger partial charge in [-0.1, -0.05) is 65.7 Å². The predicted molar refractivity (Wildman–Crippen MR) is 142 cm³/mol. The fourth-order valence-electron chi connectivity index (χ4n) is 4.33. The Balaban J connectivity index is 1.57. The average molecular weight is 535 g/mol. The van der Waals surface area contributed by atoms with Crippen LogP contribution in [0.2, 0.25) is 5.02 Å². The van der Waals surface area contributed by atoms with Crippen LogP contribution in [-0.2, 0) is 13.1 Å². The van der Waals surface area contributed by atoms with Crippen LogP contribution in [0.5, 0.6) is 0 Å². The molecule has 1 heterocycles. The van der Waals surface area contributed by atoms with Gasteiger partial charge in [0.25, 0.3) is 0 Å². The van der Waals surface area contributed by atoms with Gasteiger partial charge in [-0.15, -0.1) is 0 Å². The van der Waals surface area contributed by atoms with Gasteiger partial charge in [-0.3, -0.25) is 0 Å². The number of hydrogen-bond donors (Lipinski definition) is 1. The number of hydrogen-bond acceptors (Lipinski definition) is 2. The van der Waals surface area contributed by atoms with Crippen molar-refractivity contribution in [2.75, 3.05) is 5.32 Å². The van der Waals surface area contributed by atoms with Gasteiger partial charge in [0.2, 0.25) is 0 Å². The highest BCUT2D eigenvalue weighted by atomic mass is 35.5. The monoisotopic (exact) mass is 534 g/mol. The van der Waals surface area contributed by atoms with E-state index in [1.54, 1.807) is 12.1 Å². The van der Waals surface area contributed by atoms with Crippen molar-refractivity contribution >= 4 is 34.3 Å². The maximum Gasteiger partial charge on any atom is 0.322 e. The van der Waals surface area contributed by atoms with E-state index in [0.29, 0.717) is 28.5 Å². The van der Waals surface area contributed by atoms with Gasteiger partial charge in [-0.25, -0.2) is 18.0 Å². The van der Waals surface area contributed by atoms with Gasteiger partial charge < -0.3 is 14.6 Å². The number of urea groups is 1. The lowest BCUT2D eigenvalue weighted by atomic mass is 10.0. The predicted octanol–water partition coefficient (Wildman–Crippen LogP) is 8.71. The van der Waals surface area contributed by atoms with Gasteiger partial charge in [0, 0.05) is 34.6 Å². The number of benzene rings is 4. The molecule has 0 unspecified atom stereocenters. The highest BCUT2D eigenvalue weighted by Crippen LogP contribution is 2.37. The van der Waals surface area contributed by atoms with E-state index in [2.05, 4.69) is 5.32 Å². The molecule has 8 heteroatoms. The third kappa shape index (κ3) is 5.38. The Bertz CT molecular complexity index is 1600. The second-order valence-electron chi connectivity index (χ2n) is 8.92. The number of aryl methyl sites for hydroxylation is 1. The first-order chi connectivity index (χ1) is 18.3. The SMILES string of the molecule is Cc1ccc2oc(CN(Cc3ccccc3)C(=O)Nc3c(F)cc(F)cc3F)c(-c3ccc(Cl)cc3)c2c1. The Morgan fingerprint density at radius 2 is 1.58 bits per heavy atom.